The first-order chi connectivity index (χ1) is 8.86. The topological polar surface area (TPSA) is 72.2 Å². The Balaban J connectivity index is 2.24. The molecule has 0 bridgehead atoms. The van der Waals surface area contributed by atoms with Crippen molar-refractivity contribution in [2.24, 2.45) is 17.6 Å². The number of hydrogen-bond donors (Lipinski definition) is 2. The quantitative estimate of drug-likeness (QED) is 0.860. The van der Waals surface area contributed by atoms with Crippen LogP contribution in [0.1, 0.15) is 18.9 Å². The highest BCUT2D eigenvalue weighted by atomic mass is 32.2. The maximum Gasteiger partial charge on any atom is 0.243 e. The Morgan fingerprint density at radius 1 is 1.42 bits per heavy atom. The van der Waals surface area contributed by atoms with Crippen molar-refractivity contribution >= 4 is 10.0 Å². The summed E-state index contributed by atoms with van der Waals surface area (Å²) < 4.78 is 53.4. The van der Waals surface area contributed by atoms with Crippen LogP contribution in [-0.2, 0) is 16.6 Å². The molecule has 0 radical (unpaired) electrons. The lowest BCUT2D eigenvalue weighted by Gasteiger charge is -2.10. The van der Waals surface area contributed by atoms with Crippen molar-refractivity contribution in [3.05, 3.63) is 29.3 Å². The minimum absolute atomic E-state index is 0.276. The molecule has 0 spiro atoms. The normalized spacial score (nSPS) is 22.5. The number of halogens is 2. The average molecular weight is 290 g/mol. The largest absolute Gasteiger partial charge is 0.326 e. The molecule has 1 aliphatic carbocycles. The van der Waals surface area contributed by atoms with Crippen molar-refractivity contribution in [1.29, 1.82) is 0 Å². The third-order valence-corrected chi connectivity index (χ3v) is 4.90. The molecule has 0 heterocycles. The zero-order valence-electron chi connectivity index (χ0n) is 10.5. The van der Waals surface area contributed by atoms with E-state index in [-0.39, 0.29) is 13.1 Å². The molecule has 7 heteroatoms. The Morgan fingerprint density at radius 2 is 2.05 bits per heavy atom. The SMILES string of the molecule is CC1CC1CNS(=O)(=O)c1ccc(F)c(CN)c1F. The van der Waals surface area contributed by atoms with Gasteiger partial charge >= 0.3 is 0 Å². The van der Waals surface area contributed by atoms with E-state index in [1.807, 2.05) is 6.92 Å². The summed E-state index contributed by atoms with van der Waals surface area (Å²) >= 11 is 0. The first-order valence-electron chi connectivity index (χ1n) is 6.03. The predicted molar refractivity (Wildman–Crippen MR) is 66.7 cm³/mol. The van der Waals surface area contributed by atoms with Crippen LogP contribution in [0, 0.1) is 23.5 Å². The molecule has 1 aromatic rings. The van der Waals surface area contributed by atoms with Crippen LogP contribution in [0.25, 0.3) is 0 Å². The van der Waals surface area contributed by atoms with Gasteiger partial charge in [0.05, 0.1) is 0 Å². The average Bonchev–Trinajstić information content (AvgIpc) is 3.03. The fraction of sp³-hybridized carbons (Fsp3) is 0.500. The van der Waals surface area contributed by atoms with Gasteiger partial charge in [-0.2, -0.15) is 0 Å². The summed E-state index contributed by atoms with van der Waals surface area (Å²) in [5, 5.41) is 0. The van der Waals surface area contributed by atoms with E-state index in [4.69, 9.17) is 5.73 Å². The minimum atomic E-state index is -3.97. The predicted octanol–water partition coefficient (Wildman–Crippen LogP) is 1.36. The highest BCUT2D eigenvalue weighted by molar-refractivity contribution is 7.89. The van der Waals surface area contributed by atoms with E-state index >= 15 is 0 Å². The molecule has 1 aliphatic rings. The summed E-state index contributed by atoms with van der Waals surface area (Å²) in [5.74, 6) is -1.17. The summed E-state index contributed by atoms with van der Waals surface area (Å²) in [5.41, 5.74) is 4.80. The number of benzene rings is 1. The molecule has 4 nitrogen and oxygen atoms in total. The highest BCUT2D eigenvalue weighted by Gasteiger charge is 2.34. The van der Waals surface area contributed by atoms with Gasteiger partial charge in [0, 0.05) is 18.7 Å². The lowest BCUT2D eigenvalue weighted by atomic mass is 10.2. The van der Waals surface area contributed by atoms with Crippen LogP contribution in [-0.4, -0.2) is 15.0 Å². The first kappa shape index (κ1) is 14.4. The molecule has 1 fully saturated rings. The van der Waals surface area contributed by atoms with Gasteiger partial charge in [0.15, 0.2) is 5.82 Å². The van der Waals surface area contributed by atoms with E-state index in [1.54, 1.807) is 0 Å². The van der Waals surface area contributed by atoms with Crippen LogP contribution in [0.5, 0.6) is 0 Å². The Hall–Kier alpha value is -1.05. The summed E-state index contributed by atoms with van der Waals surface area (Å²) in [6, 6.07) is 1.84. The summed E-state index contributed by atoms with van der Waals surface area (Å²) in [7, 11) is -3.97. The lowest BCUT2D eigenvalue weighted by Crippen LogP contribution is -2.27. The molecular formula is C12H16F2N2O2S. The van der Waals surface area contributed by atoms with Crippen molar-refractivity contribution in [3.8, 4) is 0 Å². The number of sulfonamides is 1. The zero-order chi connectivity index (χ0) is 14.2. The Kier molecular flexibility index (Phi) is 3.89. The molecule has 0 aromatic heterocycles. The van der Waals surface area contributed by atoms with E-state index in [0.29, 0.717) is 11.8 Å². The van der Waals surface area contributed by atoms with E-state index in [2.05, 4.69) is 4.72 Å². The number of nitrogens with two attached hydrogens (primary N) is 1. The van der Waals surface area contributed by atoms with Gasteiger partial charge < -0.3 is 5.73 Å². The second kappa shape index (κ2) is 5.15. The fourth-order valence-electron chi connectivity index (χ4n) is 1.95. The fourth-order valence-corrected chi connectivity index (χ4v) is 3.14. The zero-order valence-corrected chi connectivity index (χ0v) is 11.3. The maximum absolute atomic E-state index is 13.9. The van der Waals surface area contributed by atoms with E-state index in [0.717, 1.165) is 18.6 Å². The maximum atomic E-state index is 13.9. The Morgan fingerprint density at radius 3 is 2.58 bits per heavy atom. The van der Waals surface area contributed by atoms with Gasteiger partial charge in [-0.25, -0.2) is 21.9 Å². The van der Waals surface area contributed by atoms with Crippen LogP contribution in [0.2, 0.25) is 0 Å². The standard InChI is InChI=1S/C12H16F2N2O2S/c1-7-4-8(7)6-16-19(17,18)11-3-2-10(13)9(5-15)12(11)14/h2-3,7-8,16H,4-6,15H2,1H3. The summed E-state index contributed by atoms with van der Waals surface area (Å²) in [6.07, 6.45) is 0.961. The first-order valence-corrected chi connectivity index (χ1v) is 7.51. The number of rotatable bonds is 5. The Labute approximate surface area is 111 Å². The van der Waals surface area contributed by atoms with Crippen LogP contribution >= 0.6 is 0 Å². The third kappa shape index (κ3) is 2.93. The van der Waals surface area contributed by atoms with Crippen molar-refractivity contribution < 1.29 is 17.2 Å². The van der Waals surface area contributed by atoms with Gasteiger partial charge in [0.1, 0.15) is 10.7 Å². The Bertz CT molecular complexity index is 590. The molecule has 2 atom stereocenters. The monoisotopic (exact) mass is 290 g/mol. The van der Waals surface area contributed by atoms with E-state index < -0.39 is 32.1 Å². The van der Waals surface area contributed by atoms with Crippen LogP contribution in [0.15, 0.2) is 17.0 Å². The molecule has 2 unspecified atom stereocenters. The molecule has 0 aliphatic heterocycles. The molecule has 106 valence electrons. The van der Waals surface area contributed by atoms with E-state index in [9.17, 15) is 17.2 Å². The van der Waals surface area contributed by atoms with Crippen molar-refractivity contribution in [1.82, 2.24) is 4.72 Å². The van der Waals surface area contributed by atoms with Crippen molar-refractivity contribution in [3.63, 3.8) is 0 Å². The highest BCUT2D eigenvalue weighted by Crippen LogP contribution is 2.37. The molecule has 0 amide bonds. The second-order valence-corrected chi connectivity index (χ2v) is 6.60. The molecule has 0 saturated heterocycles. The van der Waals surface area contributed by atoms with Gasteiger partial charge in [-0.15, -0.1) is 0 Å². The number of hydrogen-bond acceptors (Lipinski definition) is 3. The minimum Gasteiger partial charge on any atom is -0.326 e. The molecule has 1 saturated carbocycles. The molecular weight excluding hydrogens is 274 g/mol. The molecule has 19 heavy (non-hydrogen) atoms. The van der Waals surface area contributed by atoms with Gasteiger partial charge in [-0.05, 0) is 30.4 Å². The van der Waals surface area contributed by atoms with Gasteiger partial charge in [-0.1, -0.05) is 6.92 Å². The van der Waals surface area contributed by atoms with Gasteiger partial charge in [0.25, 0.3) is 0 Å². The third-order valence-electron chi connectivity index (χ3n) is 3.46. The molecule has 2 rings (SSSR count). The number of nitrogens with one attached hydrogen (secondary N) is 1. The second-order valence-electron chi connectivity index (χ2n) is 4.87. The van der Waals surface area contributed by atoms with Crippen LogP contribution in [0.4, 0.5) is 8.78 Å². The summed E-state index contributed by atoms with van der Waals surface area (Å²) in [4.78, 5) is -0.553. The van der Waals surface area contributed by atoms with Crippen molar-refractivity contribution in [2.45, 2.75) is 24.8 Å². The van der Waals surface area contributed by atoms with Gasteiger partial charge in [-0.3, -0.25) is 0 Å². The van der Waals surface area contributed by atoms with Crippen LogP contribution < -0.4 is 10.5 Å². The summed E-state index contributed by atoms with van der Waals surface area (Å²) in [6.45, 7) is 1.91. The smallest absolute Gasteiger partial charge is 0.243 e. The molecule has 1 aromatic carbocycles. The van der Waals surface area contributed by atoms with E-state index in [1.165, 1.54) is 0 Å². The molecule has 3 N–H and O–H groups in total. The van der Waals surface area contributed by atoms with Gasteiger partial charge in [0.2, 0.25) is 10.0 Å². The van der Waals surface area contributed by atoms with Crippen LogP contribution in [0.3, 0.4) is 0 Å². The van der Waals surface area contributed by atoms with Crippen molar-refractivity contribution in [2.75, 3.05) is 6.54 Å². The lowest BCUT2D eigenvalue weighted by molar-refractivity contribution is 0.524.